The monoisotopic (exact) mass is 247 g/mol. The molecular weight excluding hydrogens is 230 g/mol. The van der Waals surface area contributed by atoms with Crippen molar-refractivity contribution in [2.45, 2.75) is 33.6 Å². The van der Waals surface area contributed by atoms with Gasteiger partial charge in [-0.15, -0.1) is 0 Å². The predicted molar refractivity (Wildman–Crippen MR) is 67.7 cm³/mol. The standard InChI is InChI=1S/C13H17N3O2/c1-4-9-7-14-13-15-10(5-2)11(16(13)8-9)12(17)18-6-3/h7-8H,4-6H2,1-3H3. The Hall–Kier alpha value is -1.91. The van der Waals surface area contributed by atoms with Crippen molar-refractivity contribution in [2.24, 2.45) is 0 Å². The smallest absolute Gasteiger partial charge is 0.357 e. The summed E-state index contributed by atoms with van der Waals surface area (Å²) in [4.78, 5) is 20.6. The third-order valence-corrected chi connectivity index (χ3v) is 2.82. The zero-order chi connectivity index (χ0) is 13.1. The van der Waals surface area contributed by atoms with E-state index in [2.05, 4.69) is 9.97 Å². The summed E-state index contributed by atoms with van der Waals surface area (Å²) in [5.74, 6) is 0.212. The fourth-order valence-electron chi connectivity index (χ4n) is 1.86. The lowest BCUT2D eigenvalue weighted by Gasteiger charge is -2.04. The van der Waals surface area contributed by atoms with Crippen LogP contribution in [0.1, 0.15) is 42.5 Å². The van der Waals surface area contributed by atoms with Gasteiger partial charge in [0.1, 0.15) is 0 Å². The van der Waals surface area contributed by atoms with Crippen molar-refractivity contribution >= 4 is 11.7 Å². The minimum Gasteiger partial charge on any atom is -0.461 e. The molecule has 0 aromatic carbocycles. The molecule has 0 unspecified atom stereocenters. The van der Waals surface area contributed by atoms with Crippen LogP contribution in [0.15, 0.2) is 12.4 Å². The van der Waals surface area contributed by atoms with Gasteiger partial charge in [-0.2, -0.15) is 0 Å². The predicted octanol–water partition coefficient (Wildman–Crippen LogP) is 2.03. The molecule has 0 saturated heterocycles. The molecule has 0 aliphatic heterocycles. The number of hydrogen-bond donors (Lipinski definition) is 0. The van der Waals surface area contributed by atoms with Crippen molar-refractivity contribution in [1.82, 2.24) is 14.4 Å². The second-order valence-corrected chi connectivity index (χ2v) is 3.97. The molecule has 2 heterocycles. The Morgan fingerprint density at radius 1 is 1.33 bits per heavy atom. The number of aromatic nitrogens is 3. The van der Waals surface area contributed by atoms with Gasteiger partial charge in [-0.3, -0.25) is 4.40 Å². The van der Waals surface area contributed by atoms with E-state index in [0.29, 0.717) is 24.5 Å². The van der Waals surface area contributed by atoms with Gasteiger partial charge in [-0.05, 0) is 25.3 Å². The molecule has 0 saturated carbocycles. The number of carbonyl (C=O) groups is 1. The van der Waals surface area contributed by atoms with E-state index in [1.165, 1.54) is 0 Å². The molecule has 18 heavy (non-hydrogen) atoms. The van der Waals surface area contributed by atoms with E-state index >= 15 is 0 Å². The van der Waals surface area contributed by atoms with Gasteiger partial charge in [0.25, 0.3) is 0 Å². The Morgan fingerprint density at radius 3 is 2.72 bits per heavy atom. The molecule has 5 nitrogen and oxygen atoms in total. The van der Waals surface area contributed by atoms with Crippen LogP contribution in [0.4, 0.5) is 0 Å². The molecule has 5 heteroatoms. The molecule has 2 aromatic heterocycles. The number of carbonyl (C=O) groups excluding carboxylic acids is 1. The van der Waals surface area contributed by atoms with Crippen LogP contribution in [0.3, 0.4) is 0 Å². The van der Waals surface area contributed by atoms with Crippen LogP contribution in [0, 0.1) is 0 Å². The average molecular weight is 247 g/mol. The lowest BCUT2D eigenvalue weighted by atomic mass is 10.2. The summed E-state index contributed by atoms with van der Waals surface area (Å²) >= 11 is 0. The zero-order valence-corrected chi connectivity index (χ0v) is 10.9. The number of aryl methyl sites for hydroxylation is 2. The van der Waals surface area contributed by atoms with Gasteiger partial charge in [0.15, 0.2) is 5.69 Å². The van der Waals surface area contributed by atoms with Crippen molar-refractivity contribution in [3.63, 3.8) is 0 Å². The minimum atomic E-state index is -0.336. The van der Waals surface area contributed by atoms with Crippen LogP contribution in [0.2, 0.25) is 0 Å². The van der Waals surface area contributed by atoms with E-state index in [1.807, 2.05) is 20.0 Å². The summed E-state index contributed by atoms with van der Waals surface area (Å²) in [7, 11) is 0. The summed E-state index contributed by atoms with van der Waals surface area (Å²) in [6.07, 6.45) is 5.24. The number of esters is 1. The maximum absolute atomic E-state index is 12.0. The van der Waals surface area contributed by atoms with E-state index < -0.39 is 0 Å². The summed E-state index contributed by atoms with van der Waals surface area (Å²) < 4.78 is 6.81. The molecule has 2 rings (SSSR count). The second kappa shape index (κ2) is 5.16. The SMILES string of the molecule is CCOC(=O)c1c(CC)nc2ncc(CC)cn12. The van der Waals surface area contributed by atoms with Crippen molar-refractivity contribution in [3.8, 4) is 0 Å². The second-order valence-electron chi connectivity index (χ2n) is 3.97. The molecule has 0 radical (unpaired) electrons. The maximum atomic E-state index is 12.0. The number of hydrogen-bond acceptors (Lipinski definition) is 4. The number of imidazole rings is 1. The lowest BCUT2D eigenvalue weighted by Crippen LogP contribution is -2.11. The fraction of sp³-hybridized carbons (Fsp3) is 0.462. The van der Waals surface area contributed by atoms with E-state index in [9.17, 15) is 4.79 Å². The van der Waals surface area contributed by atoms with Gasteiger partial charge >= 0.3 is 5.97 Å². The van der Waals surface area contributed by atoms with Gasteiger partial charge in [0, 0.05) is 12.4 Å². The number of fused-ring (bicyclic) bond motifs is 1. The Bertz CT molecular complexity index is 575. The lowest BCUT2D eigenvalue weighted by molar-refractivity contribution is 0.0517. The molecule has 96 valence electrons. The summed E-state index contributed by atoms with van der Waals surface area (Å²) in [6.45, 7) is 6.16. The van der Waals surface area contributed by atoms with Gasteiger partial charge < -0.3 is 4.74 Å². The summed E-state index contributed by atoms with van der Waals surface area (Å²) in [5.41, 5.74) is 2.29. The average Bonchev–Trinajstić information content (AvgIpc) is 2.76. The Balaban J connectivity index is 2.62. The van der Waals surface area contributed by atoms with Gasteiger partial charge in [-0.25, -0.2) is 14.8 Å². The molecule has 0 amide bonds. The molecule has 0 aliphatic carbocycles. The first-order valence-electron chi connectivity index (χ1n) is 6.24. The Kier molecular flexibility index (Phi) is 3.60. The first-order chi connectivity index (χ1) is 8.71. The highest BCUT2D eigenvalue weighted by Crippen LogP contribution is 2.14. The normalized spacial score (nSPS) is 10.8. The third kappa shape index (κ3) is 2.08. The molecule has 0 spiro atoms. The minimum absolute atomic E-state index is 0.336. The van der Waals surface area contributed by atoms with Crippen LogP contribution in [0.25, 0.3) is 5.78 Å². The highest BCUT2D eigenvalue weighted by Gasteiger charge is 2.19. The molecular formula is C13H17N3O2. The highest BCUT2D eigenvalue weighted by molar-refractivity contribution is 5.89. The number of ether oxygens (including phenoxy) is 1. The van der Waals surface area contributed by atoms with Crippen LogP contribution >= 0.6 is 0 Å². The van der Waals surface area contributed by atoms with E-state index in [1.54, 1.807) is 17.5 Å². The van der Waals surface area contributed by atoms with Crippen molar-refractivity contribution in [3.05, 3.63) is 29.3 Å². The van der Waals surface area contributed by atoms with E-state index in [0.717, 1.165) is 17.7 Å². The Labute approximate surface area is 106 Å². The number of nitrogens with zero attached hydrogens (tertiary/aromatic N) is 3. The van der Waals surface area contributed by atoms with Crippen LogP contribution in [-0.2, 0) is 17.6 Å². The summed E-state index contributed by atoms with van der Waals surface area (Å²) in [6, 6.07) is 0. The van der Waals surface area contributed by atoms with Gasteiger partial charge in [0.05, 0.1) is 12.3 Å². The molecule has 0 fully saturated rings. The molecule has 0 bridgehead atoms. The largest absolute Gasteiger partial charge is 0.461 e. The van der Waals surface area contributed by atoms with Crippen LogP contribution in [-0.4, -0.2) is 26.9 Å². The van der Waals surface area contributed by atoms with E-state index in [4.69, 9.17) is 4.74 Å². The highest BCUT2D eigenvalue weighted by atomic mass is 16.5. The summed E-state index contributed by atoms with van der Waals surface area (Å²) in [5, 5.41) is 0. The fourth-order valence-corrected chi connectivity index (χ4v) is 1.86. The first-order valence-corrected chi connectivity index (χ1v) is 6.24. The van der Waals surface area contributed by atoms with Crippen LogP contribution < -0.4 is 0 Å². The van der Waals surface area contributed by atoms with Crippen molar-refractivity contribution in [1.29, 1.82) is 0 Å². The van der Waals surface area contributed by atoms with Gasteiger partial charge in [0.2, 0.25) is 5.78 Å². The molecule has 0 N–H and O–H groups in total. The third-order valence-electron chi connectivity index (χ3n) is 2.82. The van der Waals surface area contributed by atoms with Gasteiger partial charge in [-0.1, -0.05) is 13.8 Å². The number of rotatable bonds is 4. The zero-order valence-electron chi connectivity index (χ0n) is 10.9. The topological polar surface area (TPSA) is 56.5 Å². The molecule has 0 aliphatic rings. The molecule has 0 atom stereocenters. The van der Waals surface area contributed by atoms with Crippen molar-refractivity contribution < 1.29 is 9.53 Å². The Morgan fingerprint density at radius 2 is 2.11 bits per heavy atom. The maximum Gasteiger partial charge on any atom is 0.357 e. The molecule has 2 aromatic rings. The first kappa shape index (κ1) is 12.5. The van der Waals surface area contributed by atoms with E-state index in [-0.39, 0.29) is 5.97 Å². The quantitative estimate of drug-likeness (QED) is 0.776. The van der Waals surface area contributed by atoms with Crippen molar-refractivity contribution in [2.75, 3.05) is 6.61 Å². The van der Waals surface area contributed by atoms with Crippen LogP contribution in [0.5, 0.6) is 0 Å².